The zero-order valence-corrected chi connectivity index (χ0v) is 10.7. The highest BCUT2D eigenvalue weighted by Crippen LogP contribution is 2.09. The molecule has 0 fully saturated rings. The fourth-order valence-electron chi connectivity index (χ4n) is 1.83. The molecule has 6 nitrogen and oxygen atoms in total. The van der Waals surface area contributed by atoms with E-state index in [9.17, 15) is 9.90 Å². The van der Waals surface area contributed by atoms with Crippen LogP contribution in [-0.2, 0) is 4.74 Å². The molecule has 102 valence electrons. The standard InChI is InChI=1S/C13H17N3O3/c1-19-9-10(17)5-6-14-13(18)11-8-15-16-7-3-2-4-12(11)16/h2-4,7-8,10,17H,5-6,9H2,1H3,(H,14,18). The Kier molecular flexibility index (Phi) is 4.48. The lowest BCUT2D eigenvalue weighted by molar-refractivity contribution is 0.0588. The van der Waals surface area contributed by atoms with Gasteiger partial charge in [-0.15, -0.1) is 0 Å². The van der Waals surface area contributed by atoms with Crippen LogP contribution in [0.4, 0.5) is 0 Å². The zero-order chi connectivity index (χ0) is 13.7. The summed E-state index contributed by atoms with van der Waals surface area (Å²) in [7, 11) is 1.53. The van der Waals surface area contributed by atoms with E-state index in [0.29, 0.717) is 18.5 Å². The molecule has 0 saturated heterocycles. The summed E-state index contributed by atoms with van der Waals surface area (Å²) in [6.07, 6.45) is 3.22. The van der Waals surface area contributed by atoms with Gasteiger partial charge in [0.1, 0.15) is 0 Å². The number of methoxy groups -OCH3 is 1. The molecule has 0 aliphatic carbocycles. The summed E-state index contributed by atoms with van der Waals surface area (Å²) in [5.41, 5.74) is 1.29. The molecule has 1 unspecified atom stereocenters. The van der Waals surface area contributed by atoms with Crippen LogP contribution in [0.3, 0.4) is 0 Å². The second-order valence-corrected chi connectivity index (χ2v) is 4.24. The van der Waals surface area contributed by atoms with Gasteiger partial charge in [0.05, 0.1) is 30.0 Å². The summed E-state index contributed by atoms with van der Waals surface area (Å²) in [6, 6.07) is 5.54. The monoisotopic (exact) mass is 263 g/mol. The van der Waals surface area contributed by atoms with E-state index in [0.717, 1.165) is 5.52 Å². The van der Waals surface area contributed by atoms with Crippen LogP contribution in [0.1, 0.15) is 16.8 Å². The number of ether oxygens (including phenoxy) is 1. The van der Waals surface area contributed by atoms with Gasteiger partial charge in [-0.25, -0.2) is 4.52 Å². The van der Waals surface area contributed by atoms with Crippen molar-refractivity contribution in [1.29, 1.82) is 0 Å². The Labute approximate surface area is 111 Å². The maximum Gasteiger partial charge on any atom is 0.255 e. The van der Waals surface area contributed by atoms with Crippen LogP contribution < -0.4 is 5.32 Å². The van der Waals surface area contributed by atoms with Crippen molar-refractivity contribution in [3.63, 3.8) is 0 Å². The van der Waals surface area contributed by atoms with Crippen molar-refractivity contribution >= 4 is 11.4 Å². The fourth-order valence-corrected chi connectivity index (χ4v) is 1.83. The zero-order valence-electron chi connectivity index (χ0n) is 10.7. The quantitative estimate of drug-likeness (QED) is 0.794. The van der Waals surface area contributed by atoms with E-state index in [1.807, 2.05) is 18.2 Å². The number of carbonyl (C=O) groups excluding carboxylic acids is 1. The van der Waals surface area contributed by atoms with E-state index in [4.69, 9.17) is 4.74 Å². The summed E-state index contributed by atoms with van der Waals surface area (Å²) in [5.74, 6) is -0.189. The SMILES string of the molecule is COCC(O)CCNC(=O)c1cnn2ccccc12. The number of aliphatic hydroxyl groups excluding tert-OH is 1. The maximum absolute atomic E-state index is 12.0. The third-order valence-corrected chi connectivity index (χ3v) is 2.79. The minimum absolute atomic E-state index is 0.189. The van der Waals surface area contributed by atoms with Crippen LogP contribution >= 0.6 is 0 Å². The van der Waals surface area contributed by atoms with Gasteiger partial charge >= 0.3 is 0 Å². The molecule has 0 aliphatic heterocycles. The number of pyridine rings is 1. The third kappa shape index (κ3) is 3.30. The molecule has 0 aromatic carbocycles. The molecule has 2 rings (SSSR count). The van der Waals surface area contributed by atoms with Crippen LogP contribution in [0.15, 0.2) is 30.6 Å². The van der Waals surface area contributed by atoms with Gasteiger partial charge in [0.15, 0.2) is 0 Å². The summed E-state index contributed by atoms with van der Waals surface area (Å²) in [5, 5.41) is 16.3. The number of hydrogen-bond acceptors (Lipinski definition) is 4. The lowest BCUT2D eigenvalue weighted by atomic mass is 10.2. The van der Waals surface area contributed by atoms with Gasteiger partial charge in [-0.3, -0.25) is 4.79 Å². The third-order valence-electron chi connectivity index (χ3n) is 2.79. The smallest absolute Gasteiger partial charge is 0.255 e. The van der Waals surface area contributed by atoms with E-state index in [1.54, 1.807) is 10.7 Å². The van der Waals surface area contributed by atoms with Crippen LogP contribution in [-0.4, -0.2) is 47.0 Å². The summed E-state index contributed by atoms with van der Waals surface area (Å²) in [6.45, 7) is 0.667. The van der Waals surface area contributed by atoms with Gasteiger partial charge in [0.2, 0.25) is 0 Å². The molecular weight excluding hydrogens is 246 g/mol. The Morgan fingerprint density at radius 3 is 3.21 bits per heavy atom. The van der Waals surface area contributed by atoms with Gasteiger partial charge in [-0.05, 0) is 18.6 Å². The van der Waals surface area contributed by atoms with E-state index in [1.165, 1.54) is 13.3 Å². The highest BCUT2D eigenvalue weighted by atomic mass is 16.5. The Morgan fingerprint density at radius 2 is 2.42 bits per heavy atom. The van der Waals surface area contributed by atoms with Gasteiger partial charge in [0, 0.05) is 19.9 Å². The molecule has 6 heteroatoms. The Hall–Kier alpha value is -1.92. The number of carbonyl (C=O) groups is 1. The molecule has 0 aliphatic rings. The molecule has 1 atom stereocenters. The van der Waals surface area contributed by atoms with Crippen LogP contribution in [0.2, 0.25) is 0 Å². The van der Waals surface area contributed by atoms with Crippen molar-refractivity contribution in [2.75, 3.05) is 20.3 Å². The van der Waals surface area contributed by atoms with Gasteiger partial charge < -0.3 is 15.2 Å². The van der Waals surface area contributed by atoms with Gasteiger partial charge in [-0.1, -0.05) is 6.07 Å². The minimum atomic E-state index is -0.561. The average molecular weight is 263 g/mol. The number of fused-ring (bicyclic) bond motifs is 1. The fraction of sp³-hybridized carbons (Fsp3) is 0.385. The Morgan fingerprint density at radius 1 is 1.58 bits per heavy atom. The second kappa shape index (κ2) is 6.31. The Balaban J connectivity index is 1.93. The molecule has 1 amide bonds. The van der Waals surface area contributed by atoms with Crippen molar-refractivity contribution in [3.8, 4) is 0 Å². The predicted molar refractivity (Wildman–Crippen MR) is 70.0 cm³/mol. The van der Waals surface area contributed by atoms with E-state index in [2.05, 4.69) is 10.4 Å². The largest absolute Gasteiger partial charge is 0.391 e. The van der Waals surface area contributed by atoms with Gasteiger partial charge in [-0.2, -0.15) is 5.10 Å². The number of nitrogens with zero attached hydrogens (tertiary/aromatic N) is 2. The first-order valence-corrected chi connectivity index (χ1v) is 6.10. The van der Waals surface area contributed by atoms with Crippen LogP contribution in [0.5, 0.6) is 0 Å². The molecule has 19 heavy (non-hydrogen) atoms. The maximum atomic E-state index is 12.0. The van der Waals surface area contributed by atoms with Crippen LogP contribution in [0.25, 0.3) is 5.52 Å². The van der Waals surface area contributed by atoms with Crippen molar-refractivity contribution in [1.82, 2.24) is 14.9 Å². The first kappa shape index (κ1) is 13.5. The number of aliphatic hydroxyl groups is 1. The van der Waals surface area contributed by atoms with Crippen molar-refractivity contribution < 1.29 is 14.6 Å². The number of hydrogen-bond donors (Lipinski definition) is 2. The summed E-state index contributed by atoms with van der Waals surface area (Å²) in [4.78, 5) is 12.0. The number of rotatable bonds is 6. The number of amides is 1. The highest BCUT2D eigenvalue weighted by molar-refractivity contribution is 6.00. The molecule has 0 saturated carbocycles. The molecule has 0 radical (unpaired) electrons. The van der Waals surface area contributed by atoms with E-state index in [-0.39, 0.29) is 12.5 Å². The minimum Gasteiger partial charge on any atom is -0.391 e. The lowest BCUT2D eigenvalue weighted by Gasteiger charge is -2.09. The van der Waals surface area contributed by atoms with E-state index >= 15 is 0 Å². The molecule has 2 aromatic rings. The lowest BCUT2D eigenvalue weighted by Crippen LogP contribution is -2.28. The molecule has 2 heterocycles. The van der Waals surface area contributed by atoms with Crippen molar-refractivity contribution in [2.45, 2.75) is 12.5 Å². The topological polar surface area (TPSA) is 75.9 Å². The predicted octanol–water partition coefficient (Wildman–Crippen LogP) is 0.461. The van der Waals surface area contributed by atoms with Crippen molar-refractivity contribution in [2.24, 2.45) is 0 Å². The Bertz CT molecular complexity index is 553. The molecule has 0 spiro atoms. The normalized spacial score (nSPS) is 12.5. The van der Waals surface area contributed by atoms with Crippen molar-refractivity contribution in [3.05, 3.63) is 36.2 Å². The molecular formula is C13H17N3O3. The number of aromatic nitrogens is 2. The number of nitrogens with one attached hydrogen (secondary N) is 1. The molecule has 0 bridgehead atoms. The van der Waals surface area contributed by atoms with E-state index < -0.39 is 6.10 Å². The first-order valence-electron chi connectivity index (χ1n) is 6.10. The average Bonchev–Trinajstić information content (AvgIpc) is 2.82. The van der Waals surface area contributed by atoms with Gasteiger partial charge in [0.25, 0.3) is 5.91 Å². The molecule has 2 N–H and O–H groups in total. The summed E-state index contributed by atoms with van der Waals surface area (Å²) < 4.78 is 6.46. The second-order valence-electron chi connectivity index (χ2n) is 4.24. The van der Waals surface area contributed by atoms with Crippen LogP contribution in [0, 0.1) is 0 Å². The first-order chi connectivity index (χ1) is 9.22. The molecule has 2 aromatic heterocycles. The summed E-state index contributed by atoms with van der Waals surface area (Å²) >= 11 is 0. The highest BCUT2D eigenvalue weighted by Gasteiger charge is 2.12.